The molecule has 276 valence electrons. The standard InChI is InChI=1S/C21H25.C14H14.C13H16.C5H5.Hf/c1-20(2,3)16-7-9-18-14(12-16)11-15-13-17(21(4,5)6)8-10-19(15)18;1-3-7-13(8-4-1)11-12-14-9-5-2-6-10-14;1-3-7-12(8-4-1)11-13-9-5-2-6-10-13;1-2-4-5-3-1;/h7-13H,1-6H3;1-10H,11-12H2;1,3-4,7-8,13H,2,5-6,9-10H2;1-3H,4H2;. The molecule has 0 spiro atoms. The van der Waals surface area contributed by atoms with Crippen molar-refractivity contribution in [1.82, 2.24) is 0 Å². The van der Waals surface area contributed by atoms with Gasteiger partial charge in [0.25, 0.3) is 0 Å². The van der Waals surface area contributed by atoms with Crippen LogP contribution >= 0.6 is 0 Å². The maximum atomic E-state index is 2.63. The van der Waals surface area contributed by atoms with Crippen LogP contribution < -0.4 is 0 Å². The monoisotopic (exact) mass is 876 g/mol. The Labute approximate surface area is 334 Å². The van der Waals surface area contributed by atoms with Crippen LogP contribution in [0.4, 0.5) is 0 Å². The third kappa shape index (κ3) is 8.89. The van der Waals surface area contributed by atoms with Gasteiger partial charge in [-0.2, -0.15) is 0 Å². The van der Waals surface area contributed by atoms with Crippen molar-refractivity contribution < 1.29 is 21.0 Å². The van der Waals surface area contributed by atoms with E-state index in [1.165, 1.54) is 65.5 Å². The van der Waals surface area contributed by atoms with E-state index in [0.717, 1.165) is 25.2 Å². The van der Waals surface area contributed by atoms with E-state index in [9.17, 15) is 0 Å². The van der Waals surface area contributed by atoms with Crippen LogP contribution in [0.15, 0.2) is 149 Å². The molecule has 0 atom stereocenters. The topological polar surface area (TPSA) is 0 Å². The van der Waals surface area contributed by atoms with Crippen LogP contribution in [0.25, 0.3) is 11.1 Å². The van der Waals surface area contributed by atoms with Crippen molar-refractivity contribution in [3.63, 3.8) is 0 Å². The molecular weight excluding hydrogens is 815 g/mol. The van der Waals surface area contributed by atoms with Crippen molar-refractivity contribution in [3.8, 4) is 11.1 Å². The van der Waals surface area contributed by atoms with E-state index < -0.39 is 21.0 Å². The number of fused-ring (bicyclic) bond motifs is 3. The van der Waals surface area contributed by atoms with Gasteiger partial charge < -0.3 is 0 Å². The summed E-state index contributed by atoms with van der Waals surface area (Å²) in [6.45, 7) is 14.2. The molecule has 1 saturated carbocycles. The number of hydrogen-bond acceptors (Lipinski definition) is 0. The molecular formula is C53H60Hf. The molecule has 54 heavy (non-hydrogen) atoms. The number of hydrogen-bond donors (Lipinski definition) is 0. The Kier molecular flexibility index (Phi) is 12.1. The first-order valence-corrected chi connectivity index (χ1v) is 26.3. The summed E-state index contributed by atoms with van der Waals surface area (Å²) in [6.07, 6.45) is 17.7. The third-order valence-corrected chi connectivity index (χ3v) is 24.6. The molecule has 0 unspecified atom stereocenters. The molecule has 5 aromatic rings. The van der Waals surface area contributed by atoms with Crippen molar-refractivity contribution in [2.75, 3.05) is 0 Å². The Hall–Kier alpha value is -3.68. The van der Waals surface area contributed by atoms with Crippen molar-refractivity contribution in [2.24, 2.45) is 5.92 Å². The molecule has 0 nitrogen and oxygen atoms in total. The fourth-order valence-corrected chi connectivity index (χ4v) is 23.0. The van der Waals surface area contributed by atoms with Crippen LogP contribution in [0.1, 0.15) is 123 Å². The molecule has 0 aromatic heterocycles. The second kappa shape index (κ2) is 17.0. The van der Waals surface area contributed by atoms with Gasteiger partial charge in [-0.15, -0.1) is 0 Å². The summed E-state index contributed by atoms with van der Waals surface area (Å²) in [5.41, 5.74) is 13.9. The number of allylic oxidation sites excluding steroid dienone is 4. The second-order valence-electron chi connectivity index (χ2n) is 17.9. The van der Waals surface area contributed by atoms with Gasteiger partial charge in [0.05, 0.1) is 0 Å². The summed E-state index contributed by atoms with van der Waals surface area (Å²) in [6, 6.07) is 48.0. The Morgan fingerprint density at radius 1 is 0.574 bits per heavy atom. The van der Waals surface area contributed by atoms with E-state index in [1.807, 2.05) is 3.26 Å². The molecule has 0 heterocycles. The summed E-state index contributed by atoms with van der Waals surface area (Å²) < 4.78 is 4.26. The first kappa shape index (κ1) is 38.6. The van der Waals surface area contributed by atoms with Crippen molar-refractivity contribution in [3.05, 3.63) is 188 Å². The van der Waals surface area contributed by atoms with E-state index >= 15 is 0 Å². The minimum Gasteiger partial charge on any atom is -0.0622 e. The van der Waals surface area contributed by atoms with Crippen LogP contribution in [-0.4, -0.2) is 3.26 Å². The zero-order valence-electron chi connectivity index (χ0n) is 33.7. The minimum atomic E-state index is -2.74. The number of rotatable bonds is 7. The Balaban J connectivity index is 0.000000269. The predicted molar refractivity (Wildman–Crippen MR) is 230 cm³/mol. The second-order valence-corrected chi connectivity index (χ2v) is 27.1. The molecule has 8 rings (SSSR count). The van der Waals surface area contributed by atoms with E-state index in [2.05, 4.69) is 187 Å². The first-order valence-electron chi connectivity index (χ1n) is 20.6. The van der Waals surface area contributed by atoms with Gasteiger partial charge in [-0.1, -0.05) is 60.7 Å². The average Bonchev–Trinajstić information content (AvgIpc) is 3.84. The van der Waals surface area contributed by atoms with Crippen LogP contribution in [0.2, 0.25) is 0 Å². The summed E-state index contributed by atoms with van der Waals surface area (Å²) in [7, 11) is 0. The molecule has 0 aliphatic heterocycles. The van der Waals surface area contributed by atoms with Crippen LogP contribution in [0.3, 0.4) is 0 Å². The maximum absolute atomic E-state index is 2.74. The SMILES string of the molecule is CC(C)(C)c1ccc2c(c1)[CH](/[Hf]([C]1=CC=CC1)=[C](/c1ccccc1)C1CCCCC1)c1cc(C(C)(C)C)ccc1-2.c1ccc(CCc2ccccc2)cc1. The number of aryl methyl sites for hydroxylation is 2. The van der Waals surface area contributed by atoms with Crippen LogP contribution in [-0.2, 0) is 44.6 Å². The zero-order chi connectivity index (χ0) is 37.7. The molecule has 0 amide bonds. The van der Waals surface area contributed by atoms with E-state index in [0.29, 0.717) is 3.67 Å². The summed E-state index contributed by atoms with van der Waals surface area (Å²) in [5.74, 6) is 0.740. The molecule has 1 heteroatoms. The normalized spacial score (nSPS) is 16.2. The minimum absolute atomic E-state index is 0.139. The molecule has 0 bridgehead atoms. The van der Waals surface area contributed by atoms with Gasteiger partial charge in [0.2, 0.25) is 0 Å². The van der Waals surface area contributed by atoms with Gasteiger partial charge in [0.1, 0.15) is 0 Å². The molecule has 0 saturated heterocycles. The van der Waals surface area contributed by atoms with Gasteiger partial charge >= 0.3 is 252 Å². The summed E-state index contributed by atoms with van der Waals surface area (Å²) >= 11 is -2.74. The summed E-state index contributed by atoms with van der Waals surface area (Å²) in [4.78, 5) is 0. The molecule has 1 fully saturated rings. The smallest absolute Gasteiger partial charge is 0.0238 e. The molecule has 3 aliphatic carbocycles. The molecule has 3 aliphatic rings. The molecule has 0 N–H and O–H groups in total. The van der Waals surface area contributed by atoms with Gasteiger partial charge in [0, 0.05) is 0 Å². The van der Waals surface area contributed by atoms with Crippen molar-refractivity contribution in [2.45, 2.75) is 107 Å². The molecule has 0 radical (unpaired) electrons. The van der Waals surface area contributed by atoms with E-state index in [4.69, 9.17) is 0 Å². The van der Waals surface area contributed by atoms with Crippen LogP contribution in [0.5, 0.6) is 0 Å². The van der Waals surface area contributed by atoms with Gasteiger partial charge in [0.15, 0.2) is 0 Å². The Morgan fingerprint density at radius 2 is 1.06 bits per heavy atom. The fraction of sp³-hybridized carbons (Fsp3) is 0.340. The Bertz CT molecular complexity index is 2010. The zero-order valence-corrected chi connectivity index (χ0v) is 37.3. The predicted octanol–water partition coefficient (Wildman–Crippen LogP) is 14.1. The van der Waals surface area contributed by atoms with Crippen molar-refractivity contribution >= 4 is 3.26 Å². The van der Waals surface area contributed by atoms with E-state index in [1.54, 1.807) is 20.0 Å². The van der Waals surface area contributed by atoms with Gasteiger partial charge in [-0.25, -0.2) is 0 Å². The third-order valence-electron chi connectivity index (χ3n) is 11.9. The largest absolute Gasteiger partial charge is 0.0622 e. The van der Waals surface area contributed by atoms with Gasteiger partial charge in [-0.05, 0) is 24.0 Å². The van der Waals surface area contributed by atoms with Crippen LogP contribution in [0, 0.1) is 5.92 Å². The Morgan fingerprint density at radius 3 is 1.50 bits per heavy atom. The fourth-order valence-electron chi connectivity index (χ4n) is 8.86. The first-order chi connectivity index (χ1) is 26.1. The summed E-state index contributed by atoms with van der Waals surface area (Å²) in [5, 5.41) is 0. The maximum Gasteiger partial charge on any atom is -0.0238 e. The van der Waals surface area contributed by atoms with Gasteiger partial charge in [-0.3, -0.25) is 0 Å². The van der Waals surface area contributed by atoms with E-state index in [-0.39, 0.29) is 10.8 Å². The quantitative estimate of drug-likeness (QED) is 0.143. The molecule has 5 aromatic carbocycles. The number of benzene rings is 5. The average molecular weight is 876 g/mol. The van der Waals surface area contributed by atoms with Crippen molar-refractivity contribution in [1.29, 1.82) is 0 Å².